The Morgan fingerprint density at radius 3 is 2.54 bits per heavy atom. The summed E-state index contributed by atoms with van der Waals surface area (Å²) in [4.78, 5) is 12.9. The van der Waals surface area contributed by atoms with Crippen molar-refractivity contribution in [2.45, 2.75) is 51.7 Å². The highest BCUT2D eigenvalue weighted by atomic mass is 16.5. The first-order chi connectivity index (χ1) is 12.8. The summed E-state index contributed by atoms with van der Waals surface area (Å²) in [5.74, 6) is 0.678. The molecule has 26 heavy (non-hydrogen) atoms. The van der Waals surface area contributed by atoms with Crippen LogP contribution in [0.25, 0.3) is 11.0 Å². The van der Waals surface area contributed by atoms with Gasteiger partial charge >= 0.3 is 0 Å². The lowest BCUT2D eigenvalue weighted by molar-refractivity contribution is -0.130. The molecule has 0 N–H and O–H groups in total. The molecule has 1 aromatic heterocycles. The Hall–Kier alpha value is -2.69. The number of benzene rings is 2. The minimum absolute atomic E-state index is 0.0287. The van der Waals surface area contributed by atoms with Crippen LogP contribution in [0.4, 0.5) is 0 Å². The van der Waals surface area contributed by atoms with Crippen molar-refractivity contribution in [2.24, 2.45) is 0 Å². The van der Waals surface area contributed by atoms with Crippen LogP contribution in [0.15, 0.2) is 54.6 Å². The summed E-state index contributed by atoms with van der Waals surface area (Å²) < 4.78 is 7.61. The Bertz CT molecular complexity index is 829. The van der Waals surface area contributed by atoms with E-state index in [0.717, 1.165) is 23.9 Å². The number of rotatable bonds is 10. The van der Waals surface area contributed by atoms with Crippen molar-refractivity contribution in [1.29, 1.82) is 0 Å². The van der Waals surface area contributed by atoms with Crippen LogP contribution in [-0.4, -0.2) is 20.8 Å². The zero-order chi connectivity index (χ0) is 18.2. The summed E-state index contributed by atoms with van der Waals surface area (Å²) in [6.45, 7) is 2.19. The van der Waals surface area contributed by atoms with Gasteiger partial charge in [0.2, 0.25) is 0 Å². The summed E-state index contributed by atoms with van der Waals surface area (Å²) in [6.07, 6.45) is 5.20. The first kappa shape index (κ1) is 18.1. The number of hydrogen-bond donors (Lipinski definition) is 0. The van der Waals surface area contributed by atoms with Crippen LogP contribution < -0.4 is 4.74 Å². The number of hydrogen-bond acceptors (Lipinski definition) is 4. The number of carbonyl (C=O) groups is 1. The van der Waals surface area contributed by atoms with Crippen molar-refractivity contribution < 1.29 is 9.53 Å². The first-order valence-corrected chi connectivity index (χ1v) is 9.34. The summed E-state index contributed by atoms with van der Waals surface area (Å²) >= 11 is 0. The van der Waals surface area contributed by atoms with Gasteiger partial charge in [-0.1, -0.05) is 68.2 Å². The second kappa shape index (κ2) is 9.13. The molecule has 2 aromatic carbocycles. The van der Waals surface area contributed by atoms with E-state index >= 15 is 0 Å². The molecule has 0 aliphatic rings. The Kier molecular flexibility index (Phi) is 6.36. The number of Topliss-reactive ketones (excluding diaryl/α,β-unsaturated/α-hetero) is 1. The minimum atomic E-state index is -0.795. The van der Waals surface area contributed by atoms with Gasteiger partial charge in [0.25, 0.3) is 6.23 Å². The molecule has 1 unspecified atom stereocenters. The quantitative estimate of drug-likeness (QED) is 0.486. The Morgan fingerprint density at radius 1 is 1.00 bits per heavy atom. The van der Waals surface area contributed by atoms with E-state index in [9.17, 15) is 4.79 Å². The SMILES string of the molecule is CCCCCCCC(=O)C(Oc1ccccc1)n1nnc2ccccc21. The Labute approximate surface area is 154 Å². The normalized spacial score (nSPS) is 12.2. The summed E-state index contributed by atoms with van der Waals surface area (Å²) in [5.41, 5.74) is 1.55. The highest BCUT2D eigenvalue weighted by molar-refractivity contribution is 5.84. The van der Waals surface area contributed by atoms with Gasteiger partial charge in [0.1, 0.15) is 11.3 Å². The maximum atomic E-state index is 12.9. The standard InChI is InChI=1S/C21H25N3O2/c1-2-3-4-5-9-16-20(25)21(26-17-12-7-6-8-13-17)24-19-15-11-10-14-18(19)22-23-24/h6-8,10-15,21H,2-5,9,16H2,1H3. The van der Waals surface area contributed by atoms with Crippen molar-refractivity contribution >= 4 is 16.8 Å². The highest BCUT2D eigenvalue weighted by Gasteiger charge is 2.25. The fraction of sp³-hybridized carbons (Fsp3) is 0.381. The molecule has 5 heteroatoms. The van der Waals surface area contributed by atoms with E-state index < -0.39 is 6.23 Å². The second-order valence-corrected chi connectivity index (χ2v) is 6.44. The molecular formula is C21H25N3O2. The number of nitrogens with zero attached hydrogens (tertiary/aromatic N) is 3. The number of para-hydroxylation sites is 2. The first-order valence-electron chi connectivity index (χ1n) is 9.34. The molecule has 136 valence electrons. The van der Waals surface area contributed by atoms with Gasteiger partial charge in [-0.25, -0.2) is 0 Å². The topological polar surface area (TPSA) is 57.0 Å². The number of carbonyl (C=O) groups excluding carboxylic acids is 1. The van der Waals surface area contributed by atoms with Gasteiger partial charge in [-0.15, -0.1) is 5.10 Å². The maximum absolute atomic E-state index is 12.9. The average Bonchev–Trinajstić information content (AvgIpc) is 3.10. The van der Waals surface area contributed by atoms with Gasteiger partial charge in [0.05, 0.1) is 5.52 Å². The van der Waals surface area contributed by atoms with Crippen LogP contribution in [0.3, 0.4) is 0 Å². The molecule has 0 fully saturated rings. The molecule has 0 saturated carbocycles. The molecule has 0 amide bonds. The van der Waals surface area contributed by atoms with E-state index in [1.807, 2.05) is 54.6 Å². The predicted molar refractivity (Wildman–Crippen MR) is 102 cm³/mol. The summed E-state index contributed by atoms with van der Waals surface area (Å²) in [6, 6.07) is 17.0. The van der Waals surface area contributed by atoms with Crippen LogP contribution >= 0.6 is 0 Å². The molecule has 0 radical (unpaired) electrons. The average molecular weight is 351 g/mol. The minimum Gasteiger partial charge on any atom is -0.461 e. The van der Waals surface area contributed by atoms with Crippen molar-refractivity contribution in [2.75, 3.05) is 0 Å². The lowest BCUT2D eigenvalue weighted by Crippen LogP contribution is -2.26. The van der Waals surface area contributed by atoms with E-state index in [1.165, 1.54) is 19.3 Å². The number of fused-ring (bicyclic) bond motifs is 1. The molecule has 3 rings (SSSR count). The van der Waals surface area contributed by atoms with Crippen molar-refractivity contribution in [3.63, 3.8) is 0 Å². The fourth-order valence-corrected chi connectivity index (χ4v) is 2.97. The lowest BCUT2D eigenvalue weighted by atomic mass is 10.1. The van der Waals surface area contributed by atoms with Crippen molar-refractivity contribution in [1.82, 2.24) is 15.0 Å². The molecule has 3 aromatic rings. The predicted octanol–water partition coefficient (Wildman–Crippen LogP) is 4.94. The molecule has 1 atom stereocenters. The van der Waals surface area contributed by atoms with Crippen molar-refractivity contribution in [3.8, 4) is 5.75 Å². The number of ketones is 1. The molecule has 0 spiro atoms. The van der Waals surface area contributed by atoms with Gasteiger partial charge in [0, 0.05) is 6.42 Å². The summed E-state index contributed by atoms with van der Waals surface area (Å²) in [5, 5.41) is 8.36. The van der Waals surface area contributed by atoms with Gasteiger partial charge in [-0.05, 0) is 30.7 Å². The van der Waals surface area contributed by atoms with Crippen LogP contribution in [0.1, 0.15) is 51.7 Å². The van der Waals surface area contributed by atoms with E-state index in [1.54, 1.807) is 4.68 Å². The number of ether oxygens (including phenoxy) is 1. The third-order valence-corrected chi connectivity index (χ3v) is 4.39. The van der Waals surface area contributed by atoms with Crippen LogP contribution in [0, 0.1) is 0 Å². The van der Waals surface area contributed by atoms with E-state index in [4.69, 9.17) is 4.74 Å². The smallest absolute Gasteiger partial charge is 0.252 e. The number of aromatic nitrogens is 3. The number of unbranched alkanes of at least 4 members (excludes halogenated alkanes) is 4. The second-order valence-electron chi connectivity index (χ2n) is 6.44. The molecule has 1 heterocycles. The van der Waals surface area contributed by atoms with Gasteiger partial charge < -0.3 is 4.74 Å². The fourth-order valence-electron chi connectivity index (χ4n) is 2.97. The monoisotopic (exact) mass is 351 g/mol. The Morgan fingerprint density at radius 2 is 1.73 bits per heavy atom. The van der Waals surface area contributed by atoms with Gasteiger partial charge in [-0.3, -0.25) is 4.79 Å². The highest BCUT2D eigenvalue weighted by Crippen LogP contribution is 2.23. The molecular weight excluding hydrogens is 326 g/mol. The Balaban J connectivity index is 1.79. The van der Waals surface area contributed by atoms with Crippen LogP contribution in [0.5, 0.6) is 5.75 Å². The third kappa shape index (κ3) is 4.48. The van der Waals surface area contributed by atoms with Gasteiger partial charge in [-0.2, -0.15) is 4.68 Å². The maximum Gasteiger partial charge on any atom is 0.252 e. The van der Waals surface area contributed by atoms with E-state index in [0.29, 0.717) is 12.2 Å². The zero-order valence-corrected chi connectivity index (χ0v) is 15.2. The molecule has 5 nitrogen and oxygen atoms in total. The molecule has 0 aliphatic heterocycles. The van der Waals surface area contributed by atoms with Crippen LogP contribution in [-0.2, 0) is 4.79 Å². The zero-order valence-electron chi connectivity index (χ0n) is 15.2. The van der Waals surface area contributed by atoms with Crippen LogP contribution in [0.2, 0.25) is 0 Å². The molecule has 0 saturated heterocycles. The van der Waals surface area contributed by atoms with E-state index in [2.05, 4.69) is 17.2 Å². The summed E-state index contributed by atoms with van der Waals surface area (Å²) in [7, 11) is 0. The molecule has 0 bridgehead atoms. The van der Waals surface area contributed by atoms with E-state index in [-0.39, 0.29) is 5.78 Å². The van der Waals surface area contributed by atoms with Gasteiger partial charge in [0.15, 0.2) is 5.78 Å². The third-order valence-electron chi connectivity index (χ3n) is 4.39. The van der Waals surface area contributed by atoms with Crippen molar-refractivity contribution in [3.05, 3.63) is 54.6 Å². The lowest BCUT2D eigenvalue weighted by Gasteiger charge is -2.18. The largest absolute Gasteiger partial charge is 0.461 e. The molecule has 0 aliphatic carbocycles.